The fourth-order valence-corrected chi connectivity index (χ4v) is 1.43. The summed E-state index contributed by atoms with van der Waals surface area (Å²) in [6, 6.07) is 1.72. The number of rotatable bonds is 4. The fraction of sp³-hybridized carbons (Fsp3) is 0.273. The van der Waals surface area contributed by atoms with Crippen molar-refractivity contribution in [3.8, 4) is 11.5 Å². The van der Waals surface area contributed by atoms with Gasteiger partial charge in [0.05, 0.1) is 12.2 Å². The summed E-state index contributed by atoms with van der Waals surface area (Å²) in [6.45, 7) is 1.86. The molecule has 0 fully saturated rings. The van der Waals surface area contributed by atoms with E-state index in [4.69, 9.17) is 18.7 Å². The van der Waals surface area contributed by atoms with Crippen LogP contribution < -0.4 is 0 Å². The monoisotopic (exact) mass is 237 g/mol. The highest BCUT2D eigenvalue weighted by Gasteiger charge is 2.20. The van der Waals surface area contributed by atoms with E-state index in [2.05, 4.69) is 4.98 Å². The molecule has 0 amide bonds. The van der Waals surface area contributed by atoms with Gasteiger partial charge in [0.2, 0.25) is 11.7 Å². The Labute approximate surface area is 96.8 Å². The van der Waals surface area contributed by atoms with Crippen molar-refractivity contribution in [2.24, 2.45) is 0 Å². The molecular formula is C11H11NO5. The Morgan fingerprint density at radius 3 is 2.88 bits per heavy atom. The maximum absolute atomic E-state index is 10.9. The topological polar surface area (TPSA) is 85.7 Å². The van der Waals surface area contributed by atoms with Crippen LogP contribution in [0.25, 0.3) is 11.5 Å². The molecule has 2 aromatic rings. The van der Waals surface area contributed by atoms with Crippen molar-refractivity contribution in [1.82, 2.24) is 4.98 Å². The Balaban J connectivity index is 2.43. The zero-order valence-corrected chi connectivity index (χ0v) is 9.39. The molecule has 0 spiro atoms. The highest BCUT2D eigenvalue weighted by atomic mass is 16.5. The number of carbonyl (C=O) groups is 1. The van der Waals surface area contributed by atoms with Gasteiger partial charge in [-0.15, -0.1) is 0 Å². The van der Waals surface area contributed by atoms with Crippen LogP contribution in [0, 0.1) is 6.92 Å². The number of aryl methyl sites for hydroxylation is 1. The Kier molecular flexibility index (Phi) is 2.97. The molecule has 17 heavy (non-hydrogen) atoms. The number of furan rings is 1. The summed E-state index contributed by atoms with van der Waals surface area (Å²) in [4.78, 5) is 15.0. The normalized spacial score (nSPS) is 10.7. The number of carboxylic acid groups (broad SMARTS) is 1. The SMILES string of the molecule is COCc1nc(-c2coc(C)c2)oc1C(=O)O. The minimum atomic E-state index is -1.17. The lowest BCUT2D eigenvalue weighted by atomic mass is 10.3. The van der Waals surface area contributed by atoms with E-state index in [1.807, 2.05) is 0 Å². The molecule has 0 saturated carbocycles. The summed E-state index contributed by atoms with van der Waals surface area (Å²) in [6.07, 6.45) is 1.46. The van der Waals surface area contributed by atoms with Crippen molar-refractivity contribution in [3.63, 3.8) is 0 Å². The average Bonchev–Trinajstić information content (AvgIpc) is 2.85. The van der Waals surface area contributed by atoms with Gasteiger partial charge in [-0.1, -0.05) is 0 Å². The van der Waals surface area contributed by atoms with Gasteiger partial charge in [0.25, 0.3) is 0 Å². The Hall–Kier alpha value is -2.08. The van der Waals surface area contributed by atoms with Crippen LogP contribution in [0.5, 0.6) is 0 Å². The van der Waals surface area contributed by atoms with Crippen LogP contribution in [-0.2, 0) is 11.3 Å². The second kappa shape index (κ2) is 4.42. The number of aromatic carboxylic acids is 1. The molecule has 0 unspecified atom stereocenters. The number of nitrogens with zero attached hydrogens (tertiary/aromatic N) is 1. The number of hydrogen-bond acceptors (Lipinski definition) is 5. The molecule has 2 aromatic heterocycles. The molecule has 6 heteroatoms. The zero-order valence-electron chi connectivity index (χ0n) is 9.39. The van der Waals surface area contributed by atoms with Crippen molar-refractivity contribution >= 4 is 5.97 Å². The van der Waals surface area contributed by atoms with Gasteiger partial charge >= 0.3 is 5.97 Å². The van der Waals surface area contributed by atoms with Gasteiger partial charge in [0.15, 0.2) is 0 Å². The lowest BCUT2D eigenvalue weighted by molar-refractivity contribution is 0.0656. The van der Waals surface area contributed by atoms with E-state index in [0.29, 0.717) is 11.3 Å². The largest absolute Gasteiger partial charge is 0.475 e. The average molecular weight is 237 g/mol. The van der Waals surface area contributed by atoms with Crippen molar-refractivity contribution in [1.29, 1.82) is 0 Å². The Morgan fingerprint density at radius 1 is 1.59 bits per heavy atom. The molecule has 0 radical (unpaired) electrons. The standard InChI is InChI=1S/C11H11NO5/c1-6-3-7(4-16-6)10-12-8(5-15-2)9(17-10)11(13)14/h3-4H,5H2,1-2H3,(H,13,14). The van der Waals surface area contributed by atoms with Crippen LogP contribution >= 0.6 is 0 Å². The van der Waals surface area contributed by atoms with Crippen LogP contribution in [0.15, 0.2) is 21.2 Å². The smallest absolute Gasteiger partial charge is 0.373 e. The van der Waals surface area contributed by atoms with E-state index in [9.17, 15) is 4.79 Å². The lowest BCUT2D eigenvalue weighted by Crippen LogP contribution is -2.00. The van der Waals surface area contributed by atoms with Crippen molar-refractivity contribution in [2.75, 3.05) is 7.11 Å². The summed E-state index contributed by atoms with van der Waals surface area (Å²) in [5.41, 5.74) is 0.862. The van der Waals surface area contributed by atoms with Crippen LogP contribution in [0.4, 0.5) is 0 Å². The van der Waals surface area contributed by atoms with E-state index in [1.165, 1.54) is 13.4 Å². The second-order valence-corrected chi connectivity index (χ2v) is 3.48. The first kappa shape index (κ1) is 11.4. The van der Waals surface area contributed by atoms with Gasteiger partial charge < -0.3 is 18.7 Å². The van der Waals surface area contributed by atoms with E-state index < -0.39 is 5.97 Å². The molecule has 1 N–H and O–H groups in total. The van der Waals surface area contributed by atoms with Crippen molar-refractivity contribution in [3.05, 3.63) is 29.5 Å². The van der Waals surface area contributed by atoms with Crippen LogP contribution in [-0.4, -0.2) is 23.2 Å². The highest BCUT2D eigenvalue weighted by Crippen LogP contribution is 2.24. The van der Waals surface area contributed by atoms with Crippen LogP contribution in [0.1, 0.15) is 22.0 Å². The predicted octanol–water partition coefficient (Wildman–Crippen LogP) is 2.09. The van der Waals surface area contributed by atoms with Crippen molar-refractivity contribution in [2.45, 2.75) is 13.5 Å². The number of aromatic nitrogens is 1. The van der Waals surface area contributed by atoms with Gasteiger partial charge in [-0.3, -0.25) is 0 Å². The van der Waals surface area contributed by atoms with E-state index in [0.717, 1.165) is 0 Å². The molecule has 0 bridgehead atoms. The molecule has 0 atom stereocenters. The van der Waals surface area contributed by atoms with Gasteiger partial charge in [0.1, 0.15) is 17.7 Å². The third-order valence-electron chi connectivity index (χ3n) is 2.15. The Morgan fingerprint density at radius 2 is 2.35 bits per heavy atom. The number of methoxy groups -OCH3 is 1. The number of hydrogen-bond donors (Lipinski definition) is 1. The molecule has 0 aliphatic rings. The lowest BCUT2D eigenvalue weighted by Gasteiger charge is -1.92. The minimum absolute atomic E-state index is 0.0853. The first-order valence-corrected chi connectivity index (χ1v) is 4.89. The molecule has 6 nitrogen and oxygen atoms in total. The number of oxazole rings is 1. The molecule has 2 rings (SSSR count). The quantitative estimate of drug-likeness (QED) is 0.876. The van der Waals surface area contributed by atoms with Crippen LogP contribution in [0.3, 0.4) is 0 Å². The first-order chi connectivity index (χ1) is 8.11. The maximum Gasteiger partial charge on any atom is 0.373 e. The summed E-state index contributed by atoms with van der Waals surface area (Å²) < 4.78 is 15.2. The van der Waals surface area contributed by atoms with Gasteiger partial charge in [-0.2, -0.15) is 0 Å². The summed E-state index contributed by atoms with van der Waals surface area (Å²) in [5.74, 6) is -0.466. The fourth-order valence-electron chi connectivity index (χ4n) is 1.43. The second-order valence-electron chi connectivity index (χ2n) is 3.48. The molecule has 2 heterocycles. The van der Waals surface area contributed by atoms with Gasteiger partial charge in [-0.25, -0.2) is 9.78 Å². The maximum atomic E-state index is 10.9. The summed E-state index contributed by atoms with van der Waals surface area (Å²) in [5, 5.41) is 8.94. The number of carboxylic acids is 1. The molecule has 0 aromatic carbocycles. The molecule has 90 valence electrons. The summed E-state index contributed by atoms with van der Waals surface area (Å²) in [7, 11) is 1.46. The Bertz CT molecular complexity index is 540. The molecule has 0 saturated heterocycles. The molecule has 0 aliphatic carbocycles. The first-order valence-electron chi connectivity index (χ1n) is 4.89. The van der Waals surface area contributed by atoms with E-state index in [-0.39, 0.29) is 24.0 Å². The van der Waals surface area contributed by atoms with Crippen molar-refractivity contribution < 1.29 is 23.5 Å². The third-order valence-corrected chi connectivity index (χ3v) is 2.15. The van der Waals surface area contributed by atoms with Crippen LogP contribution in [0.2, 0.25) is 0 Å². The molecular weight excluding hydrogens is 226 g/mol. The summed E-state index contributed by atoms with van der Waals surface area (Å²) >= 11 is 0. The predicted molar refractivity (Wildman–Crippen MR) is 56.6 cm³/mol. The third kappa shape index (κ3) is 2.21. The van der Waals surface area contributed by atoms with Gasteiger partial charge in [0, 0.05) is 7.11 Å². The molecule has 0 aliphatic heterocycles. The highest BCUT2D eigenvalue weighted by molar-refractivity contribution is 5.86. The zero-order chi connectivity index (χ0) is 12.4. The number of ether oxygens (including phenoxy) is 1. The van der Waals surface area contributed by atoms with E-state index in [1.54, 1.807) is 13.0 Å². The minimum Gasteiger partial charge on any atom is -0.475 e. The van der Waals surface area contributed by atoms with Gasteiger partial charge in [-0.05, 0) is 13.0 Å². The van der Waals surface area contributed by atoms with E-state index >= 15 is 0 Å².